The monoisotopic (exact) mass is 435 g/mol. The van der Waals surface area contributed by atoms with E-state index in [4.69, 9.17) is 4.74 Å². The molecule has 2 aromatic heterocycles. The Balaban J connectivity index is 1.71. The van der Waals surface area contributed by atoms with Crippen LogP contribution < -0.4 is 10.1 Å². The van der Waals surface area contributed by atoms with Gasteiger partial charge in [0.15, 0.2) is 11.6 Å². The molecule has 1 aromatic carbocycles. The maximum Gasteiger partial charge on any atom is 0.239 e. The number of carbonyl (C=O) groups is 1. The highest BCUT2D eigenvalue weighted by Gasteiger charge is 2.11. The normalized spacial score (nSPS) is 11.8. The number of hydrogen-bond donors (Lipinski definition) is 1. The van der Waals surface area contributed by atoms with E-state index in [2.05, 4.69) is 31.2 Å². The minimum Gasteiger partial charge on any atom is -0.453 e. The van der Waals surface area contributed by atoms with Crippen molar-refractivity contribution >= 4 is 39.0 Å². The Morgan fingerprint density at radius 2 is 2.15 bits per heavy atom. The van der Waals surface area contributed by atoms with Crippen molar-refractivity contribution in [2.24, 2.45) is 0 Å². The van der Waals surface area contributed by atoms with Gasteiger partial charge in [-0.2, -0.15) is 0 Å². The van der Waals surface area contributed by atoms with E-state index in [-0.39, 0.29) is 16.5 Å². The number of carbonyl (C=O) groups excluding carboxylic acids is 1. The predicted octanol–water partition coefficient (Wildman–Crippen LogP) is 5.17. The molecule has 0 spiro atoms. The van der Waals surface area contributed by atoms with Gasteiger partial charge in [-0.05, 0) is 44.2 Å². The van der Waals surface area contributed by atoms with Crippen LogP contribution in [0.2, 0.25) is 0 Å². The molecule has 1 N–H and O–H groups in total. The van der Waals surface area contributed by atoms with E-state index >= 15 is 0 Å². The fourth-order valence-electron chi connectivity index (χ4n) is 2.11. The Morgan fingerprint density at radius 3 is 2.73 bits per heavy atom. The highest BCUT2D eigenvalue weighted by molar-refractivity contribution is 9.10. The van der Waals surface area contributed by atoms with E-state index in [1.807, 2.05) is 12.3 Å². The van der Waals surface area contributed by atoms with Crippen LogP contribution in [0.15, 0.2) is 41.9 Å². The molecule has 8 heteroatoms. The van der Waals surface area contributed by atoms with E-state index in [0.717, 1.165) is 10.7 Å². The molecule has 0 radical (unpaired) electrons. The van der Waals surface area contributed by atoms with Crippen LogP contribution in [0.3, 0.4) is 0 Å². The molecule has 1 atom stereocenters. The van der Waals surface area contributed by atoms with Gasteiger partial charge in [-0.3, -0.25) is 4.79 Å². The van der Waals surface area contributed by atoms with Crippen molar-refractivity contribution in [3.8, 4) is 22.8 Å². The molecule has 0 aliphatic carbocycles. The maximum atomic E-state index is 14.3. The van der Waals surface area contributed by atoms with Crippen molar-refractivity contribution < 1.29 is 13.9 Å². The molecule has 0 fully saturated rings. The maximum absolute atomic E-state index is 14.3. The first-order chi connectivity index (χ1) is 12.4. The summed E-state index contributed by atoms with van der Waals surface area (Å²) in [5.41, 5.74) is 1.43. The number of benzene rings is 1. The topological polar surface area (TPSA) is 64.1 Å². The molecule has 26 heavy (non-hydrogen) atoms. The van der Waals surface area contributed by atoms with Gasteiger partial charge in [0.25, 0.3) is 0 Å². The number of hydrogen-bond acceptors (Lipinski definition) is 5. The molecule has 0 aliphatic rings. The molecule has 5 nitrogen and oxygen atoms in total. The van der Waals surface area contributed by atoms with Gasteiger partial charge in [-0.15, -0.1) is 11.3 Å². The number of anilines is 1. The molecule has 0 bridgehead atoms. The van der Waals surface area contributed by atoms with Crippen LogP contribution in [-0.2, 0) is 4.79 Å². The van der Waals surface area contributed by atoms with E-state index in [0.29, 0.717) is 17.1 Å². The third-order valence-corrected chi connectivity index (χ3v) is 4.61. The fourth-order valence-corrected chi connectivity index (χ4v) is 2.84. The van der Waals surface area contributed by atoms with Crippen molar-refractivity contribution in [3.05, 3.63) is 52.7 Å². The summed E-state index contributed by atoms with van der Waals surface area (Å²) < 4.78 is 19.9. The van der Waals surface area contributed by atoms with Gasteiger partial charge in [0.05, 0.1) is 21.7 Å². The summed E-state index contributed by atoms with van der Waals surface area (Å²) in [7, 11) is 0. The van der Waals surface area contributed by atoms with E-state index < -0.39 is 5.82 Å². The molecule has 0 saturated carbocycles. The quantitative estimate of drug-likeness (QED) is 0.561. The van der Waals surface area contributed by atoms with E-state index in [1.54, 1.807) is 31.2 Å². The number of alkyl halides is 1. The SMILES string of the molecule is Cc1nc(-c2ccc(Oc3ccc(NC(=O)C(C)Br)nc3)c(F)c2)cs1. The Labute approximate surface area is 162 Å². The Bertz CT molecular complexity index is 928. The van der Waals surface area contributed by atoms with Gasteiger partial charge in [-0.25, -0.2) is 14.4 Å². The second-order valence-electron chi connectivity index (χ2n) is 5.48. The minimum atomic E-state index is -0.487. The van der Waals surface area contributed by atoms with Crippen LogP contribution in [0.5, 0.6) is 11.5 Å². The molecule has 3 aromatic rings. The Hall–Kier alpha value is -2.32. The van der Waals surface area contributed by atoms with Gasteiger partial charge in [-0.1, -0.05) is 15.9 Å². The smallest absolute Gasteiger partial charge is 0.239 e. The first kappa shape index (κ1) is 18.5. The number of aromatic nitrogens is 2. The average Bonchev–Trinajstić information content (AvgIpc) is 3.04. The summed E-state index contributed by atoms with van der Waals surface area (Å²) in [4.78, 5) is 19.7. The lowest BCUT2D eigenvalue weighted by Gasteiger charge is -2.09. The fraction of sp³-hybridized carbons (Fsp3) is 0.167. The van der Waals surface area contributed by atoms with E-state index in [1.165, 1.54) is 23.6 Å². The summed E-state index contributed by atoms with van der Waals surface area (Å²) in [5.74, 6) is 0.159. The lowest BCUT2D eigenvalue weighted by atomic mass is 10.1. The molecule has 1 unspecified atom stereocenters. The summed E-state index contributed by atoms with van der Waals surface area (Å²) in [6.07, 6.45) is 1.42. The minimum absolute atomic E-state index is 0.0911. The zero-order valence-corrected chi connectivity index (χ0v) is 16.4. The molecular formula is C18H15BrFN3O2S. The van der Waals surface area contributed by atoms with Crippen LogP contribution in [0.25, 0.3) is 11.3 Å². The van der Waals surface area contributed by atoms with Gasteiger partial charge < -0.3 is 10.1 Å². The van der Waals surface area contributed by atoms with Crippen molar-refractivity contribution in [1.29, 1.82) is 0 Å². The molecule has 0 saturated heterocycles. The summed E-state index contributed by atoms with van der Waals surface area (Å²) in [5, 5.41) is 5.45. The zero-order chi connectivity index (χ0) is 18.7. The Kier molecular flexibility index (Phi) is 5.63. The highest BCUT2D eigenvalue weighted by atomic mass is 79.9. The van der Waals surface area contributed by atoms with Crippen molar-refractivity contribution in [3.63, 3.8) is 0 Å². The summed E-state index contributed by atoms with van der Waals surface area (Å²) in [6, 6.07) is 7.91. The number of nitrogens with zero attached hydrogens (tertiary/aromatic N) is 2. The second kappa shape index (κ2) is 7.92. The number of ether oxygens (including phenoxy) is 1. The van der Waals surface area contributed by atoms with Crippen molar-refractivity contribution in [2.75, 3.05) is 5.32 Å². The van der Waals surface area contributed by atoms with Crippen LogP contribution in [-0.4, -0.2) is 20.7 Å². The van der Waals surface area contributed by atoms with Gasteiger partial charge in [0.1, 0.15) is 11.6 Å². The molecule has 2 heterocycles. The number of pyridine rings is 1. The zero-order valence-electron chi connectivity index (χ0n) is 14.0. The second-order valence-corrected chi connectivity index (χ2v) is 7.92. The number of rotatable bonds is 5. The summed E-state index contributed by atoms with van der Waals surface area (Å²) in [6.45, 7) is 3.62. The van der Waals surface area contributed by atoms with Crippen LogP contribution >= 0.6 is 27.3 Å². The third kappa shape index (κ3) is 4.44. The lowest BCUT2D eigenvalue weighted by Crippen LogP contribution is -2.20. The average molecular weight is 436 g/mol. The first-order valence-corrected chi connectivity index (χ1v) is 9.53. The van der Waals surface area contributed by atoms with Gasteiger partial charge >= 0.3 is 0 Å². The molecule has 3 rings (SSSR count). The van der Waals surface area contributed by atoms with Gasteiger partial charge in [0, 0.05) is 10.9 Å². The third-order valence-electron chi connectivity index (χ3n) is 3.42. The molecule has 0 aliphatic heterocycles. The molecule has 1 amide bonds. The van der Waals surface area contributed by atoms with E-state index in [9.17, 15) is 9.18 Å². The Morgan fingerprint density at radius 1 is 1.35 bits per heavy atom. The number of halogens is 2. The lowest BCUT2D eigenvalue weighted by molar-refractivity contribution is -0.115. The standard InChI is InChI=1S/C18H15BrFN3O2S/c1-10(19)18(24)23-17-6-4-13(8-21-17)25-16-5-3-12(7-14(16)20)15-9-26-11(2)22-15/h3-10H,1-2H3,(H,21,23,24). The molecule has 134 valence electrons. The van der Waals surface area contributed by atoms with Crippen LogP contribution in [0.4, 0.5) is 10.2 Å². The number of thiazole rings is 1. The van der Waals surface area contributed by atoms with Crippen molar-refractivity contribution in [1.82, 2.24) is 9.97 Å². The van der Waals surface area contributed by atoms with Crippen LogP contribution in [0.1, 0.15) is 11.9 Å². The number of aryl methyl sites for hydroxylation is 1. The van der Waals surface area contributed by atoms with Crippen LogP contribution in [0, 0.1) is 12.7 Å². The van der Waals surface area contributed by atoms with Crippen molar-refractivity contribution in [2.45, 2.75) is 18.7 Å². The summed E-state index contributed by atoms with van der Waals surface area (Å²) >= 11 is 4.69. The largest absolute Gasteiger partial charge is 0.453 e. The highest BCUT2D eigenvalue weighted by Crippen LogP contribution is 2.29. The molecular weight excluding hydrogens is 421 g/mol. The first-order valence-electron chi connectivity index (χ1n) is 7.73. The van der Waals surface area contributed by atoms with Gasteiger partial charge in [0.2, 0.25) is 5.91 Å². The predicted molar refractivity (Wildman–Crippen MR) is 104 cm³/mol. The number of amides is 1. The number of nitrogens with one attached hydrogen (secondary N) is 1.